The van der Waals surface area contributed by atoms with Gasteiger partial charge in [0.2, 0.25) is 0 Å². The summed E-state index contributed by atoms with van der Waals surface area (Å²) >= 11 is 0. The van der Waals surface area contributed by atoms with Crippen LogP contribution in [0.5, 0.6) is 0 Å². The third-order valence-corrected chi connectivity index (χ3v) is 4.21. The fourth-order valence-electron chi connectivity index (χ4n) is 2.29. The normalized spacial score (nSPS) is 31.5. The Labute approximate surface area is 105 Å². The van der Waals surface area contributed by atoms with Gasteiger partial charge in [0.15, 0.2) is 0 Å². The summed E-state index contributed by atoms with van der Waals surface area (Å²) in [5, 5.41) is 0. The summed E-state index contributed by atoms with van der Waals surface area (Å²) in [5.41, 5.74) is 0.735. The second kappa shape index (κ2) is 4.41. The molecule has 1 aliphatic heterocycles. The van der Waals surface area contributed by atoms with E-state index >= 15 is 0 Å². The number of hydrogen-bond donors (Lipinski definition) is 0. The maximum atomic E-state index is 6.05. The smallest absolute Gasteiger partial charge is 0.400 e. The van der Waals surface area contributed by atoms with Gasteiger partial charge >= 0.3 is 7.12 Å². The van der Waals surface area contributed by atoms with Crippen molar-refractivity contribution in [2.75, 3.05) is 7.11 Å². The van der Waals surface area contributed by atoms with Crippen molar-refractivity contribution in [2.24, 2.45) is 0 Å². The van der Waals surface area contributed by atoms with Crippen LogP contribution in [0.15, 0.2) is 11.5 Å². The number of hydrogen-bond acceptors (Lipinski definition) is 3. The average Bonchev–Trinajstić information content (AvgIpc) is 2.48. The van der Waals surface area contributed by atoms with Crippen LogP contribution in [0.4, 0.5) is 0 Å². The molecule has 0 aromatic rings. The Balaban J connectivity index is 2.13. The summed E-state index contributed by atoms with van der Waals surface area (Å²) in [6.45, 7) is 8.35. The average molecular weight is 238 g/mol. The zero-order chi connectivity index (χ0) is 12.7. The molecule has 17 heavy (non-hydrogen) atoms. The fourth-order valence-corrected chi connectivity index (χ4v) is 2.29. The minimum atomic E-state index is -0.251. The van der Waals surface area contributed by atoms with Gasteiger partial charge in [0.1, 0.15) is 0 Å². The molecule has 0 saturated carbocycles. The largest absolute Gasteiger partial charge is 0.490 e. The van der Waals surface area contributed by atoms with E-state index in [1.54, 1.807) is 7.11 Å². The minimum Gasteiger partial charge on any atom is -0.400 e. The summed E-state index contributed by atoms with van der Waals surface area (Å²) in [6.07, 6.45) is 5.69. The van der Waals surface area contributed by atoms with E-state index in [4.69, 9.17) is 14.0 Å². The molecule has 3 nitrogen and oxygen atoms in total. The Morgan fingerprint density at radius 3 is 2.35 bits per heavy atom. The lowest BCUT2D eigenvalue weighted by Gasteiger charge is -2.32. The summed E-state index contributed by atoms with van der Waals surface area (Å²) < 4.78 is 17.5. The molecule has 1 saturated heterocycles. The summed E-state index contributed by atoms with van der Waals surface area (Å²) in [6, 6.07) is 0. The zero-order valence-corrected chi connectivity index (χ0v) is 11.6. The van der Waals surface area contributed by atoms with E-state index in [0.717, 1.165) is 19.3 Å². The predicted molar refractivity (Wildman–Crippen MR) is 68.8 cm³/mol. The van der Waals surface area contributed by atoms with Crippen molar-refractivity contribution >= 4 is 7.12 Å². The Morgan fingerprint density at radius 2 is 1.82 bits per heavy atom. The standard InChI is InChI=1S/C13H23BO3/c1-12(2)13(3,4)17-14(16-12)10-7-6-8-11(9-10)15-5/h9,11H,6-8H2,1-5H3. The number of ether oxygens (including phenoxy) is 1. The quantitative estimate of drug-likeness (QED) is 0.692. The molecule has 2 aliphatic rings. The lowest BCUT2D eigenvalue weighted by molar-refractivity contribution is 0.00578. The number of allylic oxidation sites excluding steroid dienone is 1. The Kier molecular flexibility index (Phi) is 3.41. The Bertz CT molecular complexity index is 307. The summed E-state index contributed by atoms with van der Waals surface area (Å²) in [7, 11) is 1.56. The molecule has 0 N–H and O–H groups in total. The molecule has 0 aromatic heterocycles. The zero-order valence-electron chi connectivity index (χ0n) is 11.6. The van der Waals surface area contributed by atoms with Crippen LogP contribution in [0.25, 0.3) is 0 Å². The lowest BCUT2D eigenvalue weighted by Crippen LogP contribution is -2.41. The minimum absolute atomic E-state index is 0.196. The number of rotatable bonds is 2. The molecule has 1 unspecified atom stereocenters. The van der Waals surface area contributed by atoms with Crippen molar-refractivity contribution in [3.05, 3.63) is 11.5 Å². The van der Waals surface area contributed by atoms with Crippen molar-refractivity contribution in [3.63, 3.8) is 0 Å². The molecule has 0 spiro atoms. The first kappa shape index (κ1) is 13.1. The van der Waals surface area contributed by atoms with Crippen LogP contribution in [0.3, 0.4) is 0 Å². The molecule has 1 heterocycles. The summed E-state index contributed by atoms with van der Waals surface area (Å²) in [4.78, 5) is 0. The molecular weight excluding hydrogens is 215 g/mol. The van der Waals surface area contributed by atoms with Crippen LogP contribution in [-0.2, 0) is 14.0 Å². The monoisotopic (exact) mass is 238 g/mol. The molecule has 1 fully saturated rings. The fraction of sp³-hybridized carbons (Fsp3) is 0.846. The molecule has 1 atom stereocenters. The predicted octanol–water partition coefficient (Wildman–Crippen LogP) is 2.74. The van der Waals surface area contributed by atoms with Gasteiger partial charge in [-0.1, -0.05) is 6.08 Å². The summed E-state index contributed by atoms with van der Waals surface area (Å²) in [5.74, 6) is 0. The third kappa shape index (κ3) is 2.44. The van der Waals surface area contributed by atoms with Crippen molar-refractivity contribution in [2.45, 2.75) is 64.3 Å². The maximum Gasteiger partial charge on any atom is 0.490 e. The van der Waals surface area contributed by atoms with Gasteiger partial charge in [-0.25, -0.2) is 0 Å². The topological polar surface area (TPSA) is 27.7 Å². The first-order chi connectivity index (χ1) is 7.86. The van der Waals surface area contributed by atoms with Gasteiger partial charge in [-0.2, -0.15) is 0 Å². The van der Waals surface area contributed by atoms with E-state index in [1.165, 1.54) is 5.47 Å². The van der Waals surface area contributed by atoms with E-state index in [2.05, 4.69) is 33.8 Å². The molecule has 96 valence electrons. The van der Waals surface area contributed by atoms with Crippen LogP contribution in [0, 0.1) is 0 Å². The first-order valence-corrected chi connectivity index (χ1v) is 6.45. The Morgan fingerprint density at radius 1 is 1.24 bits per heavy atom. The second-order valence-corrected chi connectivity index (χ2v) is 6.00. The van der Waals surface area contributed by atoms with E-state index < -0.39 is 0 Å². The maximum absolute atomic E-state index is 6.05. The van der Waals surface area contributed by atoms with E-state index in [9.17, 15) is 0 Å². The van der Waals surface area contributed by atoms with E-state index in [0.29, 0.717) is 0 Å². The SMILES string of the molecule is COC1C=C(B2OC(C)(C)C(C)(C)O2)CCC1. The van der Waals surface area contributed by atoms with Gasteiger partial charge in [0.05, 0.1) is 17.3 Å². The van der Waals surface area contributed by atoms with Crippen LogP contribution >= 0.6 is 0 Å². The van der Waals surface area contributed by atoms with Gasteiger partial charge in [-0.3, -0.25) is 0 Å². The van der Waals surface area contributed by atoms with Crippen LogP contribution in [-0.4, -0.2) is 31.5 Å². The van der Waals surface area contributed by atoms with E-state index in [1.807, 2.05) is 0 Å². The van der Waals surface area contributed by atoms with E-state index in [-0.39, 0.29) is 24.4 Å². The second-order valence-electron chi connectivity index (χ2n) is 6.00. The number of methoxy groups -OCH3 is 1. The van der Waals surface area contributed by atoms with Crippen LogP contribution in [0.2, 0.25) is 0 Å². The highest BCUT2D eigenvalue weighted by molar-refractivity contribution is 6.54. The molecule has 4 heteroatoms. The molecule has 1 aliphatic carbocycles. The van der Waals surface area contributed by atoms with Gasteiger partial charge in [0, 0.05) is 7.11 Å². The van der Waals surface area contributed by atoms with Gasteiger partial charge in [-0.05, 0) is 52.4 Å². The van der Waals surface area contributed by atoms with Crippen molar-refractivity contribution in [3.8, 4) is 0 Å². The molecular formula is C13H23BO3. The highest BCUT2D eigenvalue weighted by atomic mass is 16.7. The van der Waals surface area contributed by atoms with Crippen LogP contribution < -0.4 is 0 Å². The van der Waals surface area contributed by atoms with Crippen molar-refractivity contribution in [1.29, 1.82) is 0 Å². The first-order valence-electron chi connectivity index (χ1n) is 6.45. The highest BCUT2D eigenvalue weighted by Crippen LogP contribution is 2.40. The molecule has 0 bridgehead atoms. The lowest BCUT2D eigenvalue weighted by atomic mass is 9.72. The van der Waals surface area contributed by atoms with Crippen molar-refractivity contribution in [1.82, 2.24) is 0 Å². The third-order valence-electron chi connectivity index (χ3n) is 4.21. The van der Waals surface area contributed by atoms with Gasteiger partial charge in [0.25, 0.3) is 0 Å². The molecule has 2 rings (SSSR count). The Hall–Kier alpha value is -0.315. The molecule has 0 radical (unpaired) electrons. The van der Waals surface area contributed by atoms with Crippen LogP contribution in [0.1, 0.15) is 47.0 Å². The highest BCUT2D eigenvalue weighted by Gasteiger charge is 2.52. The van der Waals surface area contributed by atoms with Gasteiger partial charge < -0.3 is 14.0 Å². The van der Waals surface area contributed by atoms with Crippen molar-refractivity contribution < 1.29 is 14.0 Å². The van der Waals surface area contributed by atoms with Gasteiger partial charge in [-0.15, -0.1) is 0 Å². The molecule has 0 amide bonds. The molecule has 0 aromatic carbocycles.